The zero-order valence-electron chi connectivity index (χ0n) is 13.0. The first-order valence-corrected chi connectivity index (χ1v) is 7.17. The van der Waals surface area contributed by atoms with E-state index in [2.05, 4.69) is 6.92 Å². The van der Waals surface area contributed by atoms with Crippen LogP contribution in [0.5, 0.6) is 5.75 Å². The number of unbranched alkanes of at least 4 members (excludes halogenated alkanes) is 1. The van der Waals surface area contributed by atoms with Crippen molar-refractivity contribution in [1.82, 2.24) is 0 Å². The van der Waals surface area contributed by atoms with Crippen LogP contribution >= 0.6 is 0 Å². The molecule has 0 unspecified atom stereocenters. The quantitative estimate of drug-likeness (QED) is 0.531. The van der Waals surface area contributed by atoms with Crippen LogP contribution < -0.4 is 4.74 Å². The van der Waals surface area contributed by atoms with Gasteiger partial charge in [0.05, 0.1) is 18.8 Å². The molecule has 1 aromatic rings. The van der Waals surface area contributed by atoms with Gasteiger partial charge in [-0.25, -0.2) is 4.79 Å². The molecule has 0 aliphatic heterocycles. The Morgan fingerprint density at radius 2 is 2.05 bits per heavy atom. The summed E-state index contributed by atoms with van der Waals surface area (Å²) in [5, 5.41) is 9.20. The van der Waals surface area contributed by atoms with Crippen LogP contribution in [-0.2, 0) is 15.9 Å². The minimum atomic E-state index is -0.909. The number of rotatable bonds is 10. The van der Waals surface area contributed by atoms with Crippen molar-refractivity contribution in [2.75, 3.05) is 27.1 Å². The molecule has 0 saturated heterocycles. The maximum atomic E-state index is 11.2. The lowest BCUT2D eigenvalue weighted by atomic mass is 9.97. The Kier molecular flexibility index (Phi) is 7.79. The topological polar surface area (TPSA) is 65.0 Å². The van der Waals surface area contributed by atoms with Crippen LogP contribution in [0.1, 0.15) is 41.3 Å². The minimum absolute atomic E-state index is 0.133. The van der Waals surface area contributed by atoms with E-state index in [1.807, 2.05) is 6.92 Å². The third-order valence-corrected chi connectivity index (χ3v) is 3.30. The van der Waals surface area contributed by atoms with Gasteiger partial charge in [-0.15, -0.1) is 0 Å². The van der Waals surface area contributed by atoms with Gasteiger partial charge in [0.15, 0.2) is 6.79 Å². The summed E-state index contributed by atoms with van der Waals surface area (Å²) >= 11 is 0. The first kappa shape index (κ1) is 17.5. The molecule has 0 aliphatic carbocycles. The molecule has 5 heteroatoms. The minimum Gasteiger partial charge on any atom is -0.478 e. The summed E-state index contributed by atoms with van der Waals surface area (Å²) in [7, 11) is 1.61. The van der Waals surface area contributed by atoms with Gasteiger partial charge in [-0.05, 0) is 43.0 Å². The number of hydrogen-bond donors (Lipinski definition) is 1. The molecule has 0 saturated carbocycles. The number of methoxy groups -OCH3 is 1. The van der Waals surface area contributed by atoms with E-state index >= 15 is 0 Å². The summed E-state index contributed by atoms with van der Waals surface area (Å²) in [5.74, 6) is -0.212. The second-order valence-electron chi connectivity index (χ2n) is 4.79. The molecule has 0 aromatic heterocycles. The number of carbonyl (C=O) groups is 1. The molecule has 0 aliphatic rings. The molecule has 118 valence electrons. The number of carboxylic acids is 1. The lowest BCUT2D eigenvalue weighted by molar-refractivity contribution is -0.00890. The molecule has 0 heterocycles. The summed E-state index contributed by atoms with van der Waals surface area (Å²) < 4.78 is 15.8. The number of aromatic carboxylic acids is 1. The van der Waals surface area contributed by atoms with Crippen LogP contribution in [0.2, 0.25) is 0 Å². The third kappa shape index (κ3) is 5.36. The molecule has 21 heavy (non-hydrogen) atoms. The molecule has 0 radical (unpaired) electrons. The third-order valence-electron chi connectivity index (χ3n) is 3.30. The molecular formula is C16H24O5. The van der Waals surface area contributed by atoms with E-state index in [1.165, 1.54) is 0 Å². The van der Waals surface area contributed by atoms with E-state index in [0.29, 0.717) is 24.5 Å². The van der Waals surface area contributed by atoms with Crippen molar-refractivity contribution in [2.24, 2.45) is 0 Å². The zero-order chi connectivity index (χ0) is 15.7. The van der Waals surface area contributed by atoms with Gasteiger partial charge >= 0.3 is 5.97 Å². The van der Waals surface area contributed by atoms with Gasteiger partial charge in [0.25, 0.3) is 0 Å². The molecule has 0 bridgehead atoms. The van der Waals surface area contributed by atoms with Crippen LogP contribution in [0.3, 0.4) is 0 Å². The summed E-state index contributed by atoms with van der Waals surface area (Å²) in [6.45, 7) is 5.04. The van der Waals surface area contributed by atoms with Crippen LogP contribution in [0.15, 0.2) is 12.1 Å². The Labute approximate surface area is 125 Å². The number of carboxylic acid groups (broad SMARTS) is 1. The van der Waals surface area contributed by atoms with E-state index in [9.17, 15) is 9.90 Å². The summed E-state index contributed by atoms with van der Waals surface area (Å²) in [6, 6.07) is 3.29. The predicted molar refractivity (Wildman–Crippen MR) is 80.1 cm³/mol. The van der Waals surface area contributed by atoms with E-state index in [4.69, 9.17) is 14.2 Å². The summed E-state index contributed by atoms with van der Waals surface area (Å²) in [6.07, 6.45) is 2.84. The summed E-state index contributed by atoms with van der Waals surface area (Å²) in [5.41, 5.74) is 2.05. The Bertz CT molecular complexity index is 456. The van der Waals surface area contributed by atoms with Crippen molar-refractivity contribution in [2.45, 2.75) is 33.1 Å². The highest BCUT2D eigenvalue weighted by Crippen LogP contribution is 2.27. The van der Waals surface area contributed by atoms with Gasteiger partial charge < -0.3 is 19.3 Å². The predicted octanol–water partition coefficient (Wildman–Crippen LogP) is 3.04. The molecule has 0 amide bonds. The van der Waals surface area contributed by atoms with Crippen molar-refractivity contribution in [3.05, 3.63) is 28.8 Å². The molecule has 1 rings (SSSR count). The maximum absolute atomic E-state index is 11.2. The molecule has 0 atom stereocenters. The summed E-state index contributed by atoms with van der Waals surface area (Å²) in [4.78, 5) is 11.2. The van der Waals surface area contributed by atoms with Crippen molar-refractivity contribution < 1.29 is 24.1 Å². The number of hydrogen-bond acceptors (Lipinski definition) is 4. The lowest BCUT2D eigenvalue weighted by Gasteiger charge is -2.15. The van der Waals surface area contributed by atoms with Crippen LogP contribution in [0.25, 0.3) is 0 Å². The Morgan fingerprint density at radius 1 is 1.29 bits per heavy atom. The Hall–Kier alpha value is -1.59. The maximum Gasteiger partial charge on any atom is 0.335 e. The number of benzene rings is 1. The molecular weight excluding hydrogens is 272 g/mol. The van der Waals surface area contributed by atoms with Gasteiger partial charge in [-0.1, -0.05) is 13.3 Å². The average molecular weight is 296 g/mol. The fourth-order valence-corrected chi connectivity index (χ4v) is 2.07. The van der Waals surface area contributed by atoms with Gasteiger partial charge in [0.1, 0.15) is 5.75 Å². The highest BCUT2D eigenvalue weighted by molar-refractivity contribution is 5.90. The van der Waals surface area contributed by atoms with E-state index in [1.54, 1.807) is 19.2 Å². The molecule has 0 fully saturated rings. The zero-order valence-corrected chi connectivity index (χ0v) is 13.0. The highest BCUT2D eigenvalue weighted by atomic mass is 16.7. The van der Waals surface area contributed by atoms with Crippen molar-refractivity contribution in [1.29, 1.82) is 0 Å². The number of ether oxygens (including phenoxy) is 3. The Morgan fingerprint density at radius 3 is 2.67 bits per heavy atom. The fourth-order valence-electron chi connectivity index (χ4n) is 2.07. The first-order valence-electron chi connectivity index (χ1n) is 7.17. The van der Waals surface area contributed by atoms with E-state index < -0.39 is 5.97 Å². The van der Waals surface area contributed by atoms with Crippen LogP contribution in [0.4, 0.5) is 0 Å². The second kappa shape index (κ2) is 9.37. The first-order chi connectivity index (χ1) is 10.1. The van der Waals surface area contributed by atoms with Gasteiger partial charge in [-0.2, -0.15) is 0 Å². The lowest BCUT2D eigenvalue weighted by Crippen LogP contribution is -2.10. The van der Waals surface area contributed by atoms with Gasteiger partial charge in [0, 0.05) is 7.11 Å². The van der Waals surface area contributed by atoms with E-state index in [0.717, 1.165) is 30.4 Å². The van der Waals surface area contributed by atoms with Gasteiger partial charge in [0.2, 0.25) is 0 Å². The molecule has 0 spiro atoms. The Balaban J connectivity index is 2.81. The highest BCUT2D eigenvalue weighted by Gasteiger charge is 2.15. The van der Waals surface area contributed by atoms with Crippen molar-refractivity contribution in [3.8, 4) is 5.75 Å². The standard InChI is InChI=1S/C16H24O5/c1-4-5-6-13-12(2)14(16(17)18)7-8-15(13)21-11-20-10-9-19-3/h7-8H,4-6,9-11H2,1-3H3,(H,17,18). The van der Waals surface area contributed by atoms with Crippen LogP contribution in [-0.4, -0.2) is 38.2 Å². The average Bonchev–Trinajstić information content (AvgIpc) is 2.46. The SMILES string of the molecule is CCCCc1c(OCOCCOC)ccc(C(=O)O)c1C. The van der Waals surface area contributed by atoms with Gasteiger partial charge in [-0.3, -0.25) is 0 Å². The largest absolute Gasteiger partial charge is 0.478 e. The van der Waals surface area contributed by atoms with Crippen molar-refractivity contribution >= 4 is 5.97 Å². The normalized spacial score (nSPS) is 10.6. The molecule has 1 N–H and O–H groups in total. The van der Waals surface area contributed by atoms with Crippen molar-refractivity contribution in [3.63, 3.8) is 0 Å². The molecule has 5 nitrogen and oxygen atoms in total. The monoisotopic (exact) mass is 296 g/mol. The van der Waals surface area contributed by atoms with Crippen LogP contribution in [0, 0.1) is 6.92 Å². The second-order valence-corrected chi connectivity index (χ2v) is 4.79. The molecule has 1 aromatic carbocycles. The fraction of sp³-hybridized carbons (Fsp3) is 0.562. The smallest absolute Gasteiger partial charge is 0.335 e. The van der Waals surface area contributed by atoms with E-state index in [-0.39, 0.29) is 6.79 Å².